The van der Waals surface area contributed by atoms with Crippen LogP contribution in [-0.4, -0.2) is 38.4 Å². The molecule has 1 saturated carbocycles. The molecule has 23 heavy (non-hydrogen) atoms. The number of aromatic nitrogens is 3. The van der Waals surface area contributed by atoms with Gasteiger partial charge in [0.25, 0.3) is 0 Å². The van der Waals surface area contributed by atoms with Crippen LogP contribution in [0.1, 0.15) is 42.1 Å². The zero-order chi connectivity index (χ0) is 15.6. The molecule has 1 aliphatic carbocycles. The molecule has 2 aromatic rings. The van der Waals surface area contributed by atoms with E-state index in [9.17, 15) is 0 Å². The second-order valence-electron chi connectivity index (χ2n) is 6.66. The molecule has 0 unspecified atom stereocenters. The van der Waals surface area contributed by atoms with Crippen LogP contribution in [0.25, 0.3) is 0 Å². The highest BCUT2D eigenvalue weighted by atomic mass is 32.1. The second kappa shape index (κ2) is 6.71. The van der Waals surface area contributed by atoms with Gasteiger partial charge >= 0.3 is 0 Å². The highest BCUT2D eigenvalue weighted by Crippen LogP contribution is 2.27. The number of rotatable bonds is 4. The first-order valence-electron chi connectivity index (χ1n) is 8.55. The molecule has 4 rings (SSSR count). The van der Waals surface area contributed by atoms with Gasteiger partial charge in [0.05, 0.1) is 35.7 Å². The molecule has 0 aromatic carbocycles. The summed E-state index contributed by atoms with van der Waals surface area (Å²) in [5.41, 5.74) is 2.36. The fourth-order valence-corrected chi connectivity index (χ4v) is 4.37. The average molecular weight is 332 g/mol. The molecule has 0 saturated heterocycles. The third-order valence-electron chi connectivity index (χ3n) is 4.96. The zero-order valence-electron chi connectivity index (χ0n) is 13.6. The molecule has 5 nitrogen and oxygen atoms in total. The molecule has 2 aromatic heterocycles. The van der Waals surface area contributed by atoms with E-state index in [1.54, 1.807) is 11.3 Å². The number of hydrogen-bond donors (Lipinski definition) is 0. The Morgan fingerprint density at radius 1 is 1.30 bits per heavy atom. The van der Waals surface area contributed by atoms with Gasteiger partial charge in [0, 0.05) is 30.7 Å². The second-order valence-corrected chi connectivity index (χ2v) is 7.73. The lowest BCUT2D eigenvalue weighted by molar-refractivity contribution is -0.000558. The quantitative estimate of drug-likeness (QED) is 0.863. The van der Waals surface area contributed by atoms with Crippen LogP contribution in [0.4, 0.5) is 0 Å². The van der Waals surface area contributed by atoms with Crippen LogP contribution in [0.3, 0.4) is 0 Å². The Balaban J connectivity index is 1.46. The predicted molar refractivity (Wildman–Crippen MR) is 90.3 cm³/mol. The Hall–Kier alpha value is -1.24. The van der Waals surface area contributed by atoms with Crippen molar-refractivity contribution in [2.24, 2.45) is 0 Å². The largest absolute Gasteiger partial charge is 0.369 e. The maximum Gasteiger partial charge on any atom is 0.0903 e. The first-order valence-corrected chi connectivity index (χ1v) is 9.43. The number of nitrogens with zero attached hydrogens (tertiary/aromatic N) is 4. The lowest BCUT2D eigenvalue weighted by atomic mass is 10.2. The van der Waals surface area contributed by atoms with Gasteiger partial charge in [-0.25, -0.2) is 4.98 Å². The monoisotopic (exact) mass is 332 g/mol. The molecule has 0 radical (unpaired) electrons. The van der Waals surface area contributed by atoms with E-state index in [2.05, 4.69) is 31.1 Å². The van der Waals surface area contributed by atoms with Gasteiger partial charge in [-0.05, 0) is 25.8 Å². The van der Waals surface area contributed by atoms with E-state index in [0.29, 0.717) is 12.6 Å². The van der Waals surface area contributed by atoms with E-state index in [1.165, 1.54) is 31.4 Å². The highest BCUT2D eigenvalue weighted by Gasteiger charge is 2.29. The van der Waals surface area contributed by atoms with Crippen LogP contribution in [0.15, 0.2) is 17.6 Å². The van der Waals surface area contributed by atoms with Gasteiger partial charge in [-0.15, -0.1) is 11.3 Å². The molecule has 124 valence electrons. The summed E-state index contributed by atoms with van der Waals surface area (Å²) in [7, 11) is 0. The maximum absolute atomic E-state index is 6.22. The smallest absolute Gasteiger partial charge is 0.0903 e. The summed E-state index contributed by atoms with van der Waals surface area (Å²) in [5, 5.41) is 7.68. The number of aryl methyl sites for hydroxylation is 1. The zero-order valence-corrected chi connectivity index (χ0v) is 14.5. The molecular formula is C17H24N4OS. The first kappa shape index (κ1) is 15.3. The standard InChI is InChI=1S/C17H24N4OS/c1-13-19-14(12-23-13)11-22-17-9-20(15-4-2-3-5-15)8-16-6-7-18-21(16)10-17/h6-7,12,15,17H,2-5,8-11H2,1H3/t17-/m0/s1. The third kappa shape index (κ3) is 3.49. The van der Waals surface area contributed by atoms with Crippen LogP contribution >= 0.6 is 11.3 Å². The van der Waals surface area contributed by atoms with Crippen LogP contribution in [0, 0.1) is 6.92 Å². The summed E-state index contributed by atoms with van der Waals surface area (Å²) in [6.45, 7) is 5.48. The first-order chi connectivity index (χ1) is 11.3. The highest BCUT2D eigenvalue weighted by molar-refractivity contribution is 7.09. The summed E-state index contributed by atoms with van der Waals surface area (Å²) < 4.78 is 8.34. The molecular weight excluding hydrogens is 308 g/mol. The summed E-state index contributed by atoms with van der Waals surface area (Å²) in [5.74, 6) is 0. The van der Waals surface area contributed by atoms with Crippen molar-refractivity contribution in [3.05, 3.63) is 34.0 Å². The number of fused-ring (bicyclic) bond motifs is 1. The number of ether oxygens (including phenoxy) is 1. The van der Waals surface area contributed by atoms with Crippen molar-refractivity contribution in [1.82, 2.24) is 19.7 Å². The predicted octanol–water partition coefficient (Wildman–Crippen LogP) is 2.99. The molecule has 3 heterocycles. The Kier molecular flexibility index (Phi) is 4.46. The van der Waals surface area contributed by atoms with Crippen LogP contribution in [0.2, 0.25) is 0 Å². The van der Waals surface area contributed by atoms with Crippen molar-refractivity contribution < 1.29 is 4.74 Å². The average Bonchev–Trinajstić information content (AvgIpc) is 3.26. The summed E-state index contributed by atoms with van der Waals surface area (Å²) in [4.78, 5) is 7.12. The topological polar surface area (TPSA) is 43.2 Å². The molecule has 0 spiro atoms. The summed E-state index contributed by atoms with van der Waals surface area (Å²) in [6, 6.07) is 2.86. The van der Waals surface area contributed by atoms with Gasteiger partial charge in [0.15, 0.2) is 0 Å². The number of hydrogen-bond acceptors (Lipinski definition) is 5. The van der Waals surface area contributed by atoms with Crippen molar-refractivity contribution in [2.45, 2.75) is 64.4 Å². The third-order valence-corrected chi connectivity index (χ3v) is 5.78. The van der Waals surface area contributed by atoms with Crippen LogP contribution in [0.5, 0.6) is 0 Å². The Morgan fingerprint density at radius 2 is 2.17 bits per heavy atom. The van der Waals surface area contributed by atoms with Gasteiger partial charge in [-0.1, -0.05) is 12.8 Å². The number of thiazole rings is 1. The fourth-order valence-electron chi connectivity index (χ4n) is 3.77. The molecule has 0 N–H and O–H groups in total. The maximum atomic E-state index is 6.22. The van der Waals surface area contributed by atoms with E-state index in [0.717, 1.165) is 30.3 Å². The minimum absolute atomic E-state index is 0.179. The van der Waals surface area contributed by atoms with Crippen LogP contribution < -0.4 is 0 Å². The normalized spacial score (nSPS) is 23.1. The van der Waals surface area contributed by atoms with Gasteiger partial charge in [0.2, 0.25) is 0 Å². The Bertz CT molecular complexity index is 647. The van der Waals surface area contributed by atoms with E-state index >= 15 is 0 Å². The van der Waals surface area contributed by atoms with Gasteiger partial charge in [0.1, 0.15) is 0 Å². The van der Waals surface area contributed by atoms with Gasteiger partial charge < -0.3 is 4.74 Å². The lowest BCUT2D eigenvalue weighted by Gasteiger charge is -2.29. The Morgan fingerprint density at radius 3 is 2.96 bits per heavy atom. The van der Waals surface area contributed by atoms with Gasteiger partial charge in [-0.2, -0.15) is 5.10 Å². The molecule has 2 aliphatic rings. The molecule has 0 amide bonds. The molecule has 1 aliphatic heterocycles. The van der Waals surface area contributed by atoms with E-state index in [1.807, 2.05) is 13.1 Å². The van der Waals surface area contributed by atoms with Crippen molar-refractivity contribution in [3.8, 4) is 0 Å². The minimum atomic E-state index is 0.179. The van der Waals surface area contributed by atoms with Crippen molar-refractivity contribution in [2.75, 3.05) is 6.54 Å². The lowest BCUT2D eigenvalue weighted by Crippen LogP contribution is -2.38. The van der Waals surface area contributed by atoms with E-state index in [-0.39, 0.29) is 6.10 Å². The Labute approximate surface area is 141 Å². The molecule has 6 heteroatoms. The van der Waals surface area contributed by atoms with E-state index in [4.69, 9.17) is 4.74 Å². The minimum Gasteiger partial charge on any atom is -0.369 e. The van der Waals surface area contributed by atoms with E-state index < -0.39 is 0 Å². The summed E-state index contributed by atoms with van der Waals surface area (Å²) >= 11 is 1.69. The molecule has 0 bridgehead atoms. The molecule has 1 atom stereocenters. The summed E-state index contributed by atoms with van der Waals surface area (Å²) in [6.07, 6.45) is 7.47. The SMILES string of the molecule is Cc1nc(CO[C@H]2CN(C3CCCC3)Cc3ccnn3C2)cs1. The fraction of sp³-hybridized carbons (Fsp3) is 0.647. The van der Waals surface area contributed by atoms with Crippen molar-refractivity contribution >= 4 is 11.3 Å². The van der Waals surface area contributed by atoms with Crippen LogP contribution in [-0.2, 0) is 24.4 Å². The van der Waals surface area contributed by atoms with Crippen molar-refractivity contribution in [3.63, 3.8) is 0 Å². The van der Waals surface area contributed by atoms with Gasteiger partial charge in [-0.3, -0.25) is 9.58 Å². The van der Waals surface area contributed by atoms with Crippen molar-refractivity contribution in [1.29, 1.82) is 0 Å². The molecule has 1 fully saturated rings.